The van der Waals surface area contributed by atoms with Crippen molar-refractivity contribution in [3.05, 3.63) is 18.0 Å². The largest absolute Gasteiger partial charge is 0.483 e. The molecule has 0 saturated carbocycles. The highest BCUT2D eigenvalue weighted by atomic mass is 32.2. The number of rotatable bonds is 8. The van der Waals surface area contributed by atoms with Gasteiger partial charge in [-0.05, 0) is 38.1 Å². The number of amides is 2. The van der Waals surface area contributed by atoms with Crippen LogP contribution in [0.2, 0.25) is 0 Å². The third kappa shape index (κ3) is 9.80. The van der Waals surface area contributed by atoms with E-state index in [-0.39, 0.29) is 30.2 Å². The molecule has 0 radical (unpaired) electrons. The number of H-pyrrole nitrogens is 1. The molecule has 10 heteroatoms. The number of carboxylic acid groups (broad SMARTS) is 1. The number of carbonyl (C=O) groups excluding carboxylic acids is 2. The van der Waals surface area contributed by atoms with Gasteiger partial charge in [0.1, 0.15) is 0 Å². The number of carbonyl (C=O) groups is 3. The van der Waals surface area contributed by atoms with Gasteiger partial charge in [0, 0.05) is 51.1 Å². The van der Waals surface area contributed by atoms with Crippen LogP contribution in [0.25, 0.3) is 0 Å². The minimum atomic E-state index is -0.250. The lowest BCUT2D eigenvalue weighted by atomic mass is 10.00. The molecule has 0 aliphatic carbocycles. The van der Waals surface area contributed by atoms with Gasteiger partial charge >= 0.3 is 0 Å². The van der Waals surface area contributed by atoms with Gasteiger partial charge in [0.15, 0.2) is 0 Å². The van der Waals surface area contributed by atoms with Crippen LogP contribution in [0, 0.1) is 5.92 Å². The monoisotopic (exact) mass is 427 g/mol. The number of hydrogen-bond donors (Lipinski definition) is 3. The molecule has 0 unspecified atom stereocenters. The third-order valence-corrected chi connectivity index (χ3v) is 5.45. The van der Waals surface area contributed by atoms with Gasteiger partial charge in [0.05, 0.1) is 12.1 Å². The van der Waals surface area contributed by atoms with Gasteiger partial charge in [-0.3, -0.25) is 19.5 Å². The van der Waals surface area contributed by atoms with Crippen molar-refractivity contribution in [1.82, 2.24) is 25.3 Å². The van der Waals surface area contributed by atoms with Crippen molar-refractivity contribution in [2.45, 2.75) is 31.7 Å². The number of likely N-dealkylation sites (tertiary alicyclic amines) is 1. The SMILES string of the molecule is CSCCC(=O)N[C@H]1CC[C@@H](C(=O)N(C)CCc2cn[nH]c2)CN(C)C1.O=CO. The summed E-state index contributed by atoms with van der Waals surface area (Å²) in [5.41, 5.74) is 1.11. The van der Waals surface area contributed by atoms with Crippen LogP contribution in [0.1, 0.15) is 24.8 Å². The summed E-state index contributed by atoms with van der Waals surface area (Å²) in [5, 5.41) is 16.8. The molecule has 0 aromatic carbocycles. The van der Waals surface area contributed by atoms with E-state index in [0.29, 0.717) is 13.0 Å². The van der Waals surface area contributed by atoms with E-state index in [1.807, 2.05) is 31.4 Å². The summed E-state index contributed by atoms with van der Waals surface area (Å²) in [6.07, 6.45) is 8.68. The van der Waals surface area contributed by atoms with Crippen LogP contribution in [0.3, 0.4) is 0 Å². The molecule has 2 rings (SSSR count). The summed E-state index contributed by atoms with van der Waals surface area (Å²) in [7, 11) is 3.90. The fourth-order valence-electron chi connectivity index (χ4n) is 3.36. The zero-order valence-electron chi connectivity index (χ0n) is 17.5. The van der Waals surface area contributed by atoms with Gasteiger partial charge in [-0.25, -0.2) is 0 Å². The quantitative estimate of drug-likeness (QED) is 0.522. The molecule has 1 aliphatic heterocycles. The molecule has 29 heavy (non-hydrogen) atoms. The molecule has 1 saturated heterocycles. The molecular weight excluding hydrogens is 394 g/mol. The molecule has 3 N–H and O–H groups in total. The van der Waals surface area contributed by atoms with E-state index >= 15 is 0 Å². The molecule has 2 atom stereocenters. The van der Waals surface area contributed by atoms with Gasteiger partial charge in [0.25, 0.3) is 6.47 Å². The summed E-state index contributed by atoms with van der Waals surface area (Å²) in [6.45, 7) is 1.98. The lowest BCUT2D eigenvalue weighted by molar-refractivity contribution is -0.134. The van der Waals surface area contributed by atoms with Crippen LogP contribution < -0.4 is 5.32 Å². The second-order valence-electron chi connectivity index (χ2n) is 7.22. The van der Waals surface area contributed by atoms with Crippen LogP contribution in [-0.2, 0) is 20.8 Å². The van der Waals surface area contributed by atoms with Gasteiger partial charge in [-0.2, -0.15) is 16.9 Å². The average molecular weight is 428 g/mol. The summed E-state index contributed by atoms with van der Waals surface area (Å²) >= 11 is 1.68. The Morgan fingerprint density at radius 2 is 2.17 bits per heavy atom. The maximum Gasteiger partial charge on any atom is 0.290 e. The summed E-state index contributed by atoms with van der Waals surface area (Å²) in [6, 6.07) is 0.128. The maximum absolute atomic E-state index is 12.8. The fraction of sp³-hybridized carbons (Fsp3) is 0.684. The van der Waals surface area contributed by atoms with Crippen molar-refractivity contribution in [2.24, 2.45) is 5.92 Å². The Hall–Kier alpha value is -2.07. The molecular formula is C19H33N5O4S. The first kappa shape index (κ1) is 25.0. The third-order valence-electron chi connectivity index (χ3n) is 4.84. The van der Waals surface area contributed by atoms with Gasteiger partial charge in [-0.1, -0.05) is 0 Å². The highest BCUT2D eigenvalue weighted by Gasteiger charge is 2.29. The predicted octanol–water partition coefficient (Wildman–Crippen LogP) is 0.691. The molecule has 2 heterocycles. The van der Waals surface area contributed by atoms with Gasteiger partial charge < -0.3 is 20.2 Å². The molecule has 1 aromatic rings. The smallest absolute Gasteiger partial charge is 0.290 e. The first-order valence-corrected chi connectivity index (χ1v) is 11.1. The fourth-order valence-corrected chi connectivity index (χ4v) is 3.75. The normalized spacial score (nSPS) is 19.4. The number of hydrogen-bond acceptors (Lipinski definition) is 6. The Balaban J connectivity index is 0.00000132. The molecule has 2 amide bonds. The van der Waals surface area contributed by atoms with E-state index in [4.69, 9.17) is 9.90 Å². The van der Waals surface area contributed by atoms with Crippen molar-refractivity contribution in [1.29, 1.82) is 0 Å². The predicted molar refractivity (Wildman–Crippen MR) is 114 cm³/mol. The number of thioether (sulfide) groups is 1. The number of nitrogens with zero attached hydrogens (tertiary/aromatic N) is 3. The van der Waals surface area contributed by atoms with E-state index in [0.717, 1.165) is 43.7 Å². The van der Waals surface area contributed by atoms with Crippen LogP contribution in [-0.4, -0.2) is 95.2 Å². The standard InChI is InChI=1S/C18H31N5O2S.CH2O2/c1-22-12-15(4-5-16(13-22)21-17(24)7-9-26-3)18(25)23(2)8-6-14-10-19-20-11-14;2-1-3/h10-11,15-16H,4-9,12-13H2,1-3H3,(H,19,20)(H,21,24);1H,(H,2,3)/t15-,16+;/m1./s1. The van der Waals surface area contributed by atoms with E-state index in [1.54, 1.807) is 18.0 Å². The number of nitrogens with one attached hydrogen (secondary N) is 2. The van der Waals surface area contributed by atoms with Crippen molar-refractivity contribution >= 4 is 30.0 Å². The minimum absolute atomic E-state index is 0.0116. The van der Waals surface area contributed by atoms with Crippen molar-refractivity contribution in [2.75, 3.05) is 45.7 Å². The summed E-state index contributed by atoms with van der Waals surface area (Å²) in [4.78, 5) is 37.1. The summed E-state index contributed by atoms with van der Waals surface area (Å²) in [5.74, 6) is 1.13. The molecule has 1 aromatic heterocycles. The Kier molecular flexibility index (Phi) is 12.1. The van der Waals surface area contributed by atoms with E-state index in [2.05, 4.69) is 20.4 Å². The molecule has 1 fully saturated rings. The van der Waals surface area contributed by atoms with Crippen molar-refractivity contribution in [3.63, 3.8) is 0 Å². The summed E-state index contributed by atoms with van der Waals surface area (Å²) < 4.78 is 0. The molecule has 1 aliphatic rings. The van der Waals surface area contributed by atoms with Crippen LogP contribution in [0.15, 0.2) is 12.4 Å². The average Bonchev–Trinajstić information content (AvgIpc) is 3.14. The zero-order valence-corrected chi connectivity index (χ0v) is 18.3. The maximum atomic E-state index is 12.8. The van der Waals surface area contributed by atoms with Crippen molar-refractivity contribution < 1.29 is 19.5 Å². The number of likely N-dealkylation sites (N-methyl/N-ethyl adjacent to an activating group) is 2. The van der Waals surface area contributed by atoms with E-state index in [9.17, 15) is 9.59 Å². The first-order valence-electron chi connectivity index (χ1n) is 9.68. The van der Waals surface area contributed by atoms with E-state index in [1.165, 1.54) is 0 Å². The molecule has 0 spiro atoms. The molecule has 9 nitrogen and oxygen atoms in total. The first-order chi connectivity index (χ1) is 13.9. The van der Waals surface area contributed by atoms with Crippen LogP contribution >= 0.6 is 11.8 Å². The van der Waals surface area contributed by atoms with E-state index < -0.39 is 0 Å². The molecule has 164 valence electrons. The number of aromatic amines is 1. The topological polar surface area (TPSA) is 119 Å². The minimum Gasteiger partial charge on any atom is -0.483 e. The lowest BCUT2D eigenvalue weighted by Gasteiger charge is -2.25. The van der Waals surface area contributed by atoms with Crippen LogP contribution in [0.5, 0.6) is 0 Å². The Bertz CT molecular complexity index is 614. The highest BCUT2D eigenvalue weighted by molar-refractivity contribution is 7.98. The lowest BCUT2D eigenvalue weighted by Crippen LogP contribution is -2.42. The Morgan fingerprint density at radius 3 is 2.79 bits per heavy atom. The second-order valence-corrected chi connectivity index (χ2v) is 8.21. The Morgan fingerprint density at radius 1 is 1.45 bits per heavy atom. The zero-order chi connectivity index (χ0) is 21.6. The number of aromatic nitrogens is 2. The highest BCUT2D eigenvalue weighted by Crippen LogP contribution is 2.18. The van der Waals surface area contributed by atoms with Gasteiger partial charge in [-0.15, -0.1) is 0 Å². The van der Waals surface area contributed by atoms with Gasteiger partial charge in [0.2, 0.25) is 11.8 Å². The second kappa shape index (κ2) is 14.0. The van der Waals surface area contributed by atoms with Crippen molar-refractivity contribution in [3.8, 4) is 0 Å². The van der Waals surface area contributed by atoms with Crippen LogP contribution in [0.4, 0.5) is 0 Å². The Labute approximate surface area is 176 Å². The molecule has 0 bridgehead atoms.